The quantitative estimate of drug-likeness (QED) is 0.417. The molecule has 0 aromatic carbocycles. The number of amides is 1. The SMILES string of the molecule is C#CCNC(=O)C(C)NOC. The van der Waals surface area contributed by atoms with Crippen LogP contribution in [0.3, 0.4) is 0 Å². The summed E-state index contributed by atoms with van der Waals surface area (Å²) in [4.78, 5) is 15.5. The smallest absolute Gasteiger partial charge is 0.239 e. The Morgan fingerprint density at radius 1 is 1.82 bits per heavy atom. The second-order valence-corrected chi connectivity index (χ2v) is 1.97. The molecule has 0 bridgehead atoms. The lowest BCUT2D eigenvalue weighted by atomic mass is 10.3. The first kappa shape index (κ1) is 9.95. The number of hydroxylamine groups is 1. The van der Waals surface area contributed by atoms with Crippen LogP contribution in [0.1, 0.15) is 6.92 Å². The van der Waals surface area contributed by atoms with Gasteiger partial charge in [-0.3, -0.25) is 4.79 Å². The van der Waals surface area contributed by atoms with E-state index in [0.29, 0.717) is 0 Å². The van der Waals surface area contributed by atoms with Crippen molar-refractivity contribution in [2.75, 3.05) is 13.7 Å². The Morgan fingerprint density at radius 3 is 2.91 bits per heavy atom. The van der Waals surface area contributed by atoms with Gasteiger partial charge in [-0.15, -0.1) is 6.42 Å². The normalized spacial score (nSPS) is 11.7. The number of terminal acetylenes is 1. The number of hydrogen-bond acceptors (Lipinski definition) is 3. The van der Waals surface area contributed by atoms with Crippen LogP contribution in [0.25, 0.3) is 0 Å². The van der Waals surface area contributed by atoms with E-state index in [9.17, 15) is 4.79 Å². The number of nitrogens with one attached hydrogen (secondary N) is 2. The molecule has 0 spiro atoms. The fourth-order valence-electron chi connectivity index (χ4n) is 0.522. The Balaban J connectivity index is 3.57. The standard InChI is InChI=1S/C7H12N2O2/c1-4-5-8-7(10)6(2)9-11-3/h1,6,9H,5H2,2-3H3,(H,8,10). The minimum Gasteiger partial charge on any atom is -0.344 e. The van der Waals surface area contributed by atoms with Gasteiger partial charge in [-0.1, -0.05) is 5.92 Å². The maximum Gasteiger partial charge on any atom is 0.239 e. The molecule has 0 saturated carbocycles. The monoisotopic (exact) mass is 156 g/mol. The molecule has 0 radical (unpaired) electrons. The number of carbonyl (C=O) groups excluding carboxylic acids is 1. The van der Waals surface area contributed by atoms with Crippen molar-refractivity contribution in [2.45, 2.75) is 13.0 Å². The van der Waals surface area contributed by atoms with Crippen LogP contribution in [0.4, 0.5) is 0 Å². The summed E-state index contributed by atoms with van der Waals surface area (Å²) in [5.41, 5.74) is 2.47. The lowest BCUT2D eigenvalue weighted by Gasteiger charge is -2.09. The van der Waals surface area contributed by atoms with Crippen LogP contribution in [0, 0.1) is 12.3 Å². The van der Waals surface area contributed by atoms with Crippen molar-refractivity contribution >= 4 is 5.91 Å². The molecule has 0 aliphatic rings. The number of rotatable bonds is 4. The minimum atomic E-state index is -0.381. The molecule has 0 aliphatic carbocycles. The summed E-state index contributed by atoms with van der Waals surface area (Å²) in [5.74, 6) is 2.12. The summed E-state index contributed by atoms with van der Waals surface area (Å²) in [6, 6.07) is -0.381. The summed E-state index contributed by atoms with van der Waals surface area (Å²) >= 11 is 0. The predicted octanol–water partition coefficient (Wildman–Crippen LogP) is -0.725. The van der Waals surface area contributed by atoms with E-state index in [1.54, 1.807) is 6.92 Å². The first-order chi connectivity index (χ1) is 5.22. The molecule has 1 atom stereocenters. The van der Waals surface area contributed by atoms with Crippen molar-refractivity contribution in [1.82, 2.24) is 10.8 Å². The summed E-state index contributed by atoms with van der Waals surface area (Å²) in [7, 11) is 1.45. The molecule has 0 fully saturated rings. The van der Waals surface area contributed by atoms with Crippen LogP contribution in [0.15, 0.2) is 0 Å². The van der Waals surface area contributed by atoms with Crippen molar-refractivity contribution in [3.8, 4) is 12.3 Å². The van der Waals surface area contributed by atoms with Crippen LogP contribution >= 0.6 is 0 Å². The zero-order valence-corrected chi connectivity index (χ0v) is 6.68. The van der Waals surface area contributed by atoms with Gasteiger partial charge in [0.25, 0.3) is 0 Å². The highest BCUT2D eigenvalue weighted by molar-refractivity contribution is 5.81. The number of carbonyl (C=O) groups is 1. The van der Waals surface area contributed by atoms with Crippen LogP contribution in [-0.2, 0) is 9.63 Å². The summed E-state index contributed by atoms with van der Waals surface area (Å²) in [6.07, 6.45) is 4.93. The molecule has 11 heavy (non-hydrogen) atoms. The average molecular weight is 156 g/mol. The molecule has 1 unspecified atom stereocenters. The third-order valence-electron chi connectivity index (χ3n) is 1.05. The molecule has 4 heteroatoms. The van der Waals surface area contributed by atoms with E-state index in [4.69, 9.17) is 6.42 Å². The fourth-order valence-corrected chi connectivity index (χ4v) is 0.522. The van der Waals surface area contributed by atoms with Crippen LogP contribution < -0.4 is 10.8 Å². The van der Waals surface area contributed by atoms with Crippen molar-refractivity contribution in [1.29, 1.82) is 0 Å². The van der Waals surface area contributed by atoms with E-state index in [0.717, 1.165) is 0 Å². The van der Waals surface area contributed by atoms with Gasteiger partial charge in [0.05, 0.1) is 13.7 Å². The Kier molecular flexibility index (Phi) is 5.17. The van der Waals surface area contributed by atoms with Crippen LogP contribution in [-0.4, -0.2) is 25.6 Å². The molecule has 0 aromatic rings. The zero-order valence-electron chi connectivity index (χ0n) is 6.68. The largest absolute Gasteiger partial charge is 0.344 e. The van der Waals surface area contributed by atoms with Gasteiger partial charge in [0, 0.05) is 0 Å². The van der Waals surface area contributed by atoms with Gasteiger partial charge < -0.3 is 10.2 Å². The van der Waals surface area contributed by atoms with Gasteiger partial charge in [0.2, 0.25) is 5.91 Å². The third-order valence-corrected chi connectivity index (χ3v) is 1.05. The van der Waals surface area contributed by atoms with Gasteiger partial charge in [0.15, 0.2) is 0 Å². The molecule has 0 heterocycles. The maximum atomic E-state index is 10.9. The molecule has 1 amide bonds. The molecule has 4 nitrogen and oxygen atoms in total. The zero-order chi connectivity index (χ0) is 8.69. The van der Waals surface area contributed by atoms with Gasteiger partial charge in [-0.2, -0.15) is 5.48 Å². The minimum absolute atomic E-state index is 0.176. The molecular weight excluding hydrogens is 144 g/mol. The Hall–Kier alpha value is -1.05. The van der Waals surface area contributed by atoms with E-state index in [1.807, 2.05) is 0 Å². The van der Waals surface area contributed by atoms with Crippen molar-refractivity contribution < 1.29 is 9.63 Å². The van der Waals surface area contributed by atoms with E-state index in [2.05, 4.69) is 21.6 Å². The van der Waals surface area contributed by atoms with Gasteiger partial charge in [-0.05, 0) is 6.92 Å². The Bertz CT molecular complexity index is 162. The van der Waals surface area contributed by atoms with Crippen molar-refractivity contribution in [2.24, 2.45) is 0 Å². The van der Waals surface area contributed by atoms with Crippen LogP contribution in [0.5, 0.6) is 0 Å². The highest BCUT2D eigenvalue weighted by Gasteiger charge is 2.09. The third kappa shape index (κ3) is 4.37. The second-order valence-electron chi connectivity index (χ2n) is 1.97. The Morgan fingerprint density at radius 2 is 2.45 bits per heavy atom. The summed E-state index contributed by atoms with van der Waals surface area (Å²) < 4.78 is 0. The first-order valence-corrected chi connectivity index (χ1v) is 3.22. The number of hydrogen-bond donors (Lipinski definition) is 2. The highest BCUT2D eigenvalue weighted by Crippen LogP contribution is 1.79. The predicted molar refractivity (Wildman–Crippen MR) is 41.4 cm³/mol. The molecule has 62 valence electrons. The van der Waals surface area contributed by atoms with E-state index < -0.39 is 0 Å². The summed E-state index contributed by atoms with van der Waals surface area (Å²) in [6.45, 7) is 1.92. The maximum absolute atomic E-state index is 10.9. The van der Waals surface area contributed by atoms with Crippen molar-refractivity contribution in [3.63, 3.8) is 0 Å². The van der Waals surface area contributed by atoms with Gasteiger partial charge >= 0.3 is 0 Å². The average Bonchev–Trinajstić information content (AvgIpc) is 2.00. The van der Waals surface area contributed by atoms with Crippen LogP contribution in [0.2, 0.25) is 0 Å². The Labute approximate surface area is 66.3 Å². The lowest BCUT2D eigenvalue weighted by Crippen LogP contribution is -2.41. The molecule has 0 rings (SSSR count). The topological polar surface area (TPSA) is 50.4 Å². The van der Waals surface area contributed by atoms with E-state index in [1.165, 1.54) is 7.11 Å². The van der Waals surface area contributed by atoms with Gasteiger partial charge in [-0.25, -0.2) is 0 Å². The van der Waals surface area contributed by atoms with Crippen molar-refractivity contribution in [3.05, 3.63) is 0 Å². The van der Waals surface area contributed by atoms with E-state index >= 15 is 0 Å². The fraction of sp³-hybridized carbons (Fsp3) is 0.571. The second kappa shape index (κ2) is 5.71. The van der Waals surface area contributed by atoms with E-state index in [-0.39, 0.29) is 18.5 Å². The lowest BCUT2D eigenvalue weighted by molar-refractivity contribution is -0.125. The molecule has 0 saturated heterocycles. The molecular formula is C7H12N2O2. The summed E-state index contributed by atoms with van der Waals surface area (Å²) in [5, 5.41) is 2.50. The highest BCUT2D eigenvalue weighted by atomic mass is 16.6. The first-order valence-electron chi connectivity index (χ1n) is 3.22. The molecule has 2 N–H and O–H groups in total. The van der Waals surface area contributed by atoms with Gasteiger partial charge in [0.1, 0.15) is 6.04 Å². The molecule has 0 aliphatic heterocycles. The molecule has 0 aromatic heterocycles.